The lowest BCUT2D eigenvalue weighted by molar-refractivity contribution is 0.0976. The molecule has 0 aromatic heterocycles. The van der Waals surface area contributed by atoms with Crippen molar-refractivity contribution in [2.75, 3.05) is 5.73 Å². The topological polar surface area (TPSA) is 125 Å². The van der Waals surface area contributed by atoms with Gasteiger partial charge in [-0.25, -0.2) is 0 Å². The number of nitrogens with two attached hydrogens (primary N) is 2. The molecule has 0 saturated carbocycles. The minimum absolute atomic E-state index is 0.179. The number of nitrogens with one attached hydrogen (secondary N) is 2. The van der Waals surface area contributed by atoms with Crippen molar-refractivity contribution in [2.45, 2.75) is 0 Å². The normalized spacial score (nSPS) is 9.43. The van der Waals surface area contributed by atoms with Gasteiger partial charge in [0, 0.05) is 5.56 Å². The van der Waals surface area contributed by atoms with Crippen molar-refractivity contribution in [1.82, 2.24) is 5.32 Å². The van der Waals surface area contributed by atoms with E-state index in [9.17, 15) is 9.90 Å². The van der Waals surface area contributed by atoms with Crippen LogP contribution in [0, 0.1) is 5.41 Å². The summed E-state index contributed by atoms with van der Waals surface area (Å²) >= 11 is 0. The molecule has 1 rings (SSSR count). The number of guanidine groups is 1. The molecule has 0 fully saturated rings. The molecule has 1 aromatic rings. The smallest absolute Gasteiger partial charge is 0.258 e. The summed E-state index contributed by atoms with van der Waals surface area (Å²) in [4.78, 5) is 11.2. The second-order valence-corrected chi connectivity index (χ2v) is 2.64. The predicted molar refractivity (Wildman–Crippen MR) is 51.9 cm³/mol. The highest BCUT2D eigenvalue weighted by atomic mass is 16.3. The molecule has 6 nitrogen and oxygen atoms in total. The number of hydrogen-bond acceptors (Lipinski definition) is 4. The molecule has 0 spiro atoms. The maximum atomic E-state index is 11.2. The number of rotatable bonds is 1. The number of carbonyl (C=O) groups excluding carboxylic acids is 1. The molecule has 0 aliphatic rings. The quantitative estimate of drug-likeness (QED) is 0.180. The zero-order valence-corrected chi connectivity index (χ0v) is 7.24. The van der Waals surface area contributed by atoms with Gasteiger partial charge in [0.1, 0.15) is 5.75 Å². The molecule has 0 aliphatic carbocycles. The van der Waals surface area contributed by atoms with Crippen molar-refractivity contribution >= 4 is 17.6 Å². The number of phenols is 1. The standard InChI is InChI=1S/C8H10N4O2/c9-5-2-1-4(3-6(5)13)7(14)12-8(10)11/h1-3,13H,9H2,(H4,10,11,12,14). The molecule has 1 amide bonds. The van der Waals surface area contributed by atoms with Gasteiger partial charge in [-0.3, -0.25) is 15.5 Å². The van der Waals surface area contributed by atoms with E-state index in [0.717, 1.165) is 0 Å². The first-order valence-electron chi connectivity index (χ1n) is 3.74. The van der Waals surface area contributed by atoms with Crippen LogP contribution in [0.2, 0.25) is 0 Å². The SMILES string of the molecule is N=C(N)NC(=O)c1ccc(N)c(O)c1. The lowest BCUT2D eigenvalue weighted by Crippen LogP contribution is -2.35. The second kappa shape index (κ2) is 3.65. The van der Waals surface area contributed by atoms with Crippen molar-refractivity contribution in [3.63, 3.8) is 0 Å². The fourth-order valence-electron chi connectivity index (χ4n) is 0.879. The third-order valence-electron chi connectivity index (χ3n) is 1.54. The Bertz CT molecular complexity index is 389. The number of nitrogen functional groups attached to an aromatic ring is 1. The van der Waals surface area contributed by atoms with Crippen LogP contribution in [-0.2, 0) is 0 Å². The molecule has 7 N–H and O–H groups in total. The summed E-state index contributed by atoms with van der Waals surface area (Å²) in [6, 6.07) is 4.02. The third kappa shape index (κ3) is 2.13. The van der Waals surface area contributed by atoms with Gasteiger partial charge < -0.3 is 16.6 Å². The van der Waals surface area contributed by atoms with Gasteiger partial charge in [0.2, 0.25) is 0 Å². The molecule has 0 unspecified atom stereocenters. The molecule has 0 bridgehead atoms. The highest BCUT2D eigenvalue weighted by molar-refractivity contribution is 6.04. The van der Waals surface area contributed by atoms with Crippen molar-refractivity contribution < 1.29 is 9.90 Å². The molecular weight excluding hydrogens is 184 g/mol. The Kier molecular flexibility index (Phi) is 2.57. The number of carbonyl (C=O) groups is 1. The second-order valence-electron chi connectivity index (χ2n) is 2.64. The van der Waals surface area contributed by atoms with Gasteiger partial charge in [-0.1, -0.05) is 0 Å². The van der Waals surface area contributed by atoms with Gasteiger partial charge in [0.05, 0.1) is 5.69 Å². The Morgan fingerprint density at radius 1 is 1.50 bits per heavy atom. The summed E-state index contributed by atoms with van der Waals surface area (Å²) in [7, 11) is 0. The zero-order chi connectivity index (χ0) is 10.7. The van der Waals surface area contributed by atoms with E-state index in [1.807, 2.05) is 0 Å². The van der Waals surface area contributed by atoms with Gasteiger partial charge >= 0.3 is 0 Å². The van der Waals surface area contributed by atoms with E-state index in [4.69, 9.17) is 16.9 Å². The van der Waals surface area contributed by atoms with E-state index in [0.29, 0.717) is 0 Å². The van der Waals surface area contributed by atoms with Crippen molar-refractivity contribution in [1.29, 1.82) is 5.41 Å². The minimum Gasteiger partial charge on any atom is -0.506 e. The molecule has 14 heavy (non-hydrogen) atoms. The number of hydrogen-bond donors (Lipinski definition) is 5. The Morgan fingerprint density at radius 3 is 2.64 bits per heavy atom. The monoisotopic (exact) mass is 194 g/mol. The maximum Gasteiger partial charge on any atom is 0.258 e. The number of anilines is 1. The van der Waals surface area contributed by atoms with Crippen LogP contribution in [0.3, 0.4) is 0 Å². The predicted octanol–water partition coefficient (Wildman–Crippen LogP) is -0.402. The fraction of sp³-hybridized carbons (Fsp3) is 0. The molecule has 0 radical (unpaired) electrons. The zero-order valence-electron chi connectivity index (χ0n) is 7.24. The van der Waals surface area contributed by atoms with Crippen LogP contribution in [0.4, 0.5) is 5.69 Å². The Hall–Kier alpha value is -2.24. The van der Waals surface area contributed by atoms with Crippen LogP contribution in [0.5, 0.6) is 5.75 Å². The number of phenolic OH excluding ortho intramolecular Hbond substituents is 1. The van der Waals surface area contributed by atoms with Gasteiger partial charge in [-0.05, 0) is 18.2 Å². The summed E-state index contributed by atoms with van der Waals surface area (Å²) in [5, 5.41) is 18.1. The molecule has 0 heterocycles. The first-order valence-corrected chi connectivity index (χ1v) is 3.74. The highest BCUT2D eigenvalue weighted by Crippen LogP contribution is 2.20. The number of aromatic hydroxyl groups is 1. The summed E-state index contributed by atoms with van der Waals surface area (Å²) in [6.07, 6.45) is 0. The minimum atomic E-state index is -0.562. The Balaban J connectivity index is 2.91. The molecule has 74 valence electrons. The molecule has 6 heteroatoms. The van der Waals surface area contributed by atoms with E-state index in [1.165, 1.54) is 18.2 Å². The number of benzene rings is 1. The van der Waals surface area contributed by atoms with E-state index >= 15 is 0 Å². The van der Waals surface area contributed by atoms with Gasteiger partial charge in [0.15, 0.2) is 5.96 Å². The summed E-state index contributed by atoms with van der Waals surface area (Å²) in [5.41, 5.74) is 10.7. The Morgan fingerprint density at radius 2 is 2.14 bits per heavy atom. The third-order valence-corrected chi connectivity index (χ3v) is 1.54. The molecule has 0 saturated heterocycles. The van der Waals surface area contributed by atoms with Gasteiger partial charge in [-0.15, -0.1) is 0 Å². The summed E-state index contributed by atoms with van der Waals surface area (Å²) < 4.78 is 0. The average Bonchev–Trinajstić information content (AvgIpc) is 2.08. The summed E-state index contributed by atoms with van der Waals surface area (Å²) in [6.45, 7) is 0. The highest BCUT2D eigenvalue weighted by Gasteiger charge is 2.07. The van der Waals surface area contributed by atoms with Crippen LogP contribution in [0.15, 0.2) is 18.2 Å². The molecule has 0 aliphatic heterocycles. The van der Waals surface area contributed by atoms with E-state index < -0.39 is 11.9 Å². The van der Waals surface area contributed by atoms with E-state index in [-0.39, 0.29) is 17.0 Å². The van der Waals surface area contributed by atoms with Crippen LogP contribution in [-0.4, -0.2) is 17.0 Å². The first kappa shape index (κ1) is 9.85. The lowest BCUT2D eigenvalue weighted by Gasteiger charge is -2.04. The largest absolute Gasteiger partial charge is 0.506 e. The van der Waals surface area contributed by atoms with E-state index in [2.05, 4.69) is 5.32 Å². The average molecular weight is 194 g/mol. The molecule has 1 aromatic carbocycles. The van der Waals surface area contributed by atoms with Crippen LogP contribution >= 0.6 is 0 Å². The molecular formula is C8H10N4O2. The van der Waals surface area contributed by atoms with Crippen LogP contribution in [0.1, 0.15) is 10.4 Å². The van der Waals surface area contributed by atoms with Gasteiger partial charge in [-0.2, -0.15) is 0 Å². The lowest BCUT2D eigenvalue weighted by atomic mass is 10.2. The molecule has 0 atom stereocenters. The van der Waals surface area contributed by atoms with Crippen molar-refractivity contribution in [3.05, 3.63) is 23.8 Å². The fourth-order valence-corrected chi connectivity index (χ4v) is 0.879. The van der Waals surface area contributed by atoms with Gasteiger partial charge in [0.25, 0.3) is 5.91 Å². The van der Waals surface area contributed by atoms with Crippen molar-refractivity contribution in [2.24, 2.45) is 5.73 Å². The van der Waals surface area contributed by atoms with E-state index in [1.54, 1.807) is 0 Å². The van der Waals surface area contributed by atoms with Crippen LogP contribution in [0.25, 0.3) is 0 Å². The summed E-state index contributed by atoms with van der Waals surface area (Å²) in [5.74, 6) is -1.19. The van der Waals surface area contributed by atoms with Crippen molar-refractivity contribution in [3.8, 4) is 5.75 Å². The number of amides is 1. The maximum absolute atomic E-state index is 11.2. The van der Waals surface area contributed by atoms with Crippen LogP contribution < -0.4 is 16.8 Å². The Labute approximate surface area is 80.0 Å². The first-order chi connectivity index (χ1) is 6.50.